The number of methoxy groups -OCH3 is 1. The summed E-state index contributed by atoms with van der Waals surface area (Å²) in [6.07, 6.45) is 1.24. The summed E-state index contributed by atoms with van der Waals surface area (Å²) in [5.74, 6) is 1.34. The van der Waals surface area contributed by atoms with Gasteiger partial charge in [-0.05, 0) is 36.6 Å². The first-order valence-corrected chi connectivity index (χ1v) is 6.81. The van der Waals surface area contributed by atoms with E-state index in [1.165, 1.54) is 0 Å². The lowest BCUT2D eigenvalue weighted by Crippen LogP contribution is -2.29. The number of hydrogen-bond acceptors (Lipinski definition) is 3. The minimum Gasteiger partial charge on any atom is -0.497 e. The Bertz CT molecular complexity index is 484. The van der Waals surface area contributed by atoms with Crippen molar-refractivity contribution in [2.75, 3.05) is 19.0 Å². The molecule has 0 saturated heterocycles. The van der Waals surface area contributed by atoms with Gasteiger partial charge in [0.2, 0.25) is 11.8 Å². The fourth-order valence-electron chi connectivity index (χ4n) is 2.02. The Morgan fingerprint density at radius 3 is 2.50 bits per heavy atom. The summed E-state index contributed by atoms with van der Waals surface area (Å²) in [6, 6.07) is 7.13. The molecule has 0 bridgehead atoms. The van der Waals surface area contributed by atoms with E-state index in [1.807, 2.05) is 0 Å². The molecule has 1 aliphatic carbocycles. The standard InChI is InChI=1S/C15H20N2O3/c1-10-9-13(10)15(19)16-8-7-14(18)17-11-3-5-12(20-2)6-4-11/h3-6,10,13H,7-9H2,1-2H3,(H,16,19)(H,17,18)/t10-,13-/m0/s1. The molecule has 0 aromatic heterocycles. The van der Waals surface area contributed by atoms with E-state index in [4.69, 9.17) is 4.74 Å². The van der Waals surface area contributed by atoms with Gasteiger partial charge < -0.3 is 15.4 Å². The normalized spacial score (nSPS) is 20.1. The van der Waals surface area contributed by atoms with Gasteiger partial charge in [-0.2, -0.15) is 0 Å². The Morgan fingerprint density at radius 2 is 1.95 bits per heavy atom. The van der Waals surface area contributed by atoms with Gasteiger partial charge in [-0.15, -0.1) is 0 Å². The summed E-state index contributed by atoms with van der Waals surface area (Å²) in [6.45, 7) is 2.44. The summed E-state index contributed by atoms with van der Waals surface area (Å²) >= 11 is 0. The van der Waals surface area contributed by atoms with Crippen LogP contribution in [0, 0.1) is 11.8 Å². The molecule has 2 rings (SSSR count). The van der Waals surface area contributed by atoms with E-state index in [1.54, 1.807) is 31.4 Å². The van der Waals surface area contributed by atoms with E-state index in [0.717, 1.165) is 17.9 Å². The van der Waals surface area contributed by atoms with Crippen LogP contribution in [-0.2, 0) is 9.59 Å². The SMILES string of the molecule is COc1ccc(NC(=O)CCNC(=O)[C@H]2C[C@@H]2C)cc1. The van der Waals surface area contributed by atoms with Crippen molar-refractivity contribution >= 4 is 17.5 Å². The van der Waals surface area contributed by atoms with Crippen LogP contribution in [0.4, 0.5) is 5.69 Å². The number of anilines is 1. The lowest BCUT2D eigenvalue weighted by molar-refractivity contribution is -0.122. The van der Waals surface area contributed by atoms with E-state index in [0.29, 0.717) is 12.5 Å². The second kappa shape index (κ2) is 6.41. The molecule has 1 saturated carbocycles. The van der Waals surface area contributed by atoms with Crippen LogP contribution in [0.2, 0.25) is 0 Å². The van der Waals surface area contributed by atoms with Crippen molar-refractivity contribution in [1.29, 1.82) is 0 Å². The number of carbonyl (C=O) groups excluding carboxylic acids is 2. The second-order valence-electron chi connectivity index (χ2n) is 5.14. The Hall–Kier alpha value is -2.04. The summed E-state index contributed by atoms with van der Waals surface area (Å²) in [7, 11) is 1.59. The number of nitrogens with one attached hydrogen (secondary N) is 2. The van der Waals surface area contributed by atoms with Crippen molar-refractivity contribution in [3.05, 3.63) is 24.3 Å². The molecule has 2 atom stereocenters. The first kappa shape index (κ1) is 14.4. The van der Waals surface area contributed by atoms with Gasteiger partial charge in [0.1, 0.15) is 5.75 Å². The maximum absolute atomic E-state index is 11.7. The molecular formula is C15H20N2O3. The van der Waals surface area contributed by atoms with Crippen LogP contribution in [0.25, 0.3) is 0 Å². The summed E-state index contributed by atoms with van der Waals surface area (Å²) in [5.41, 5.74) is 0.720. The fraction of sp³-hybridized carbons (Fsp3) is 0.467. The maximum Gasteiger partial charge on any atom is 0.226 e. The predicted octanol–water partition coefficient (Wildman–Crippen LogP) is 1.80. The van der Waals surface area contributed by atoms with Crippen LogP contribution in [-0.4, -0.2) is 25.5 Å². The lowest BCUT2D eigenvalue weighted by atomic mass is 10.3. The maximum atomic E-state index is 11.7. The predicted molar refractivity (Wildman–Crippen MR) is 76.5 cm³/mol. The molecule has 5 nitrogen and oxygen atoms in total. The molecule has 108 valence electrons. The number of carbonyl (C=O) groups is 2. The molecule has 1 fully saturated rings. The van der Waals surface area contributed by atoms with Crippen LogP contribution in [0.1, 0.15) is 19.8 Å². The van der Waals surface area contributed by atoms with Gasteiger partial charge in [0.05, 0.1) is 7.11 Å². The van der Waals surface area contributed by atoms with Crippen LogP contribution in [0.15, 0.2) is 24.3 Å². The molecule has 2 amide bonds. The third-order valence-corrected chi connectivity index (χ3v) is 3.47. The van der Waals surface area contributed by atoms with Crippen molar-refractivity contribution in [1.82, 2.24) is 5.32 Å². The van der Waals surface area contributed by atoms with E-state index in [2.05, 4.69) is 17.6 Å². The summed E-state index contributed by atoms with van der Waals surface area (Å²) < 4.78 is 5.04. The molecule has 0 spiro atoms. The van der Waals surface area contributed by atoms with Gasteiger partial charge in [-0.1, -0.05) is 6.92 Å². The molecule has 2 N–H and O–H groups in total. The van der Waals surface area contributed by atoms with E-state index >= 15 is 0 Å². The zero-order valence-corrected chi connectivity index (χ0v) is 11.8. The van der Waals surface area contributed by atoms with Crippen LogP contribution in [0.5, 0.6) is 5.75 Å². The molecule has 0 aliphatic heterocycles. The molecule has 0 heterocycles. The van der Waals surface area contributed by atoms with Crippen LogP contribution < -0.4 is 15.4 Å². The zero-order valence-electron chi connectivity index (χ0n) is 11.8. The third kappa shape index (κ3) is 3.98. The first-order valence-electron chi connectivity index (χ1n) is 6.81. The quantitative estimate of drug-likeness (QED) is 0.832. The largest absolute Gasteiger partial charge is 0.497 e. The molecule has 0 unspecified atom stereocenters. The monoisotopic (exact) mass is 276 g/mol. The highest BCUT2D eigenvalue weighted by molar-refractivity contribution is 5.91. The third-order valence-electron chi connectivity index (χ3n) is 3.47. The first-order chi connectivity index (χ1) is 9.60. The number of ether oxygens (including phenoxy) is 1. The highest BCUT2D eigenvalue weighted by atomic mass is 16.5. The topological polar surface area (TPSA) is 67.4 Å². The van der Waals surface area contributed by atoms with Gasteiger partial charge in [-0.25, -0.2) is 0 Å². The minimum absolute atomic E-state index is 0.0646. The zero-order chi connectivity index (χ0) is 14.5. The van der Waals surface area contributed by atoms with Crippen LogP contribution >= 0.6 is 0 Å². The van der Waals surface area contributed by atoms with Crippen molar-refractivity contribution in [2.45, 2.75) is 19.8 Å². The molecule has 1 aromatic carbocycles. The highest BCUT2D eigenvalue weighted by Crippen LogP contribution is 2.37. The van der Waals surface area contributed by atoms with Crippen molar-refractivity contribution in [3.63, 3.8) is 0 Å². The van der Waals surface area contributed by atoms with Gasteiger partial charge >= 0.3 is 0 Å². The summed E-state index contributed by atoms with van der Waals surface area (Å²) in [5, 5.41) is 5.56. The van der Waals surface area contributed by atoms with E-state index < -0.39 is 0 Å². The van der Waals surface area contributed by atoms with E-state index in [9.17, 15) is 9.59 Å². The Morgan fingerprint density at radius 1 is 1.30 bits per heavy atom. The molecule has 0 radical (unpaired) electrons. The van der Waals surface area contributed by atoms with Crippen LogP contribution in [0.3, 0.4) is 0 Å². The average Bonchev–Trinajstić information content (AvgIpc) is 3.17. The molecular weight excluding hydrogens is 256 g/mol. The van der Waals surface area contributed by atoms with Crippen molar-refractivity contribution in [2.24, 2.45) is 11.8 Å². The van der Waals surface area contributed by atoms with Gasteiger partial charge in [-0.3, -0.25) is 9.59 Å². The molecule has 1 aliphatic rings. The summed E-state index contributed by atoms with van der Waals surface area (Å²) in [4.78, 5) is 23.3. The number of benzene rings is 1. The van der Waals surface area contributed by atoms with Gasteiger partial charge in [0.15, 0.2) is 0 Å². The van der Waals surface area contributed by atoms with Gasteiger partial charge in [0.25, 0.3) is 0 Å². The minimum atomic E-state index is -0.112. The lowest BCUT2D eigenvalue weighted by Gasteiger charge is -2.07. The fourth-order valence-corrected chi connectivity index (χ4v) is 2.02. The molecule has 20 heavy (non-hydrogen) atoms. The number of rotatable bonds is 6. The highest BCUT2D eigenvalue weighted by Gasteiger charge is 2.38. The number of amides is 2. The van der Waals surface area contributed by atoms with Crippen molar-refractivity contribution in [3.8, 4) is 5.75 Å². The smallest absolute Gasteiger partial charge is 0.226 e. The number of hydrogen-bond donors (Lipinski definition) is 2. The Balaban J connectivity index is 1.68. The molecule has 1 aromatic rings. The molecule has 5 heteroatoms. The van der Waals surface area contributed by atoms with Gasteiger partial charge in [0, 0.05) is 24.6 Å². The van der Waals surface area contributed by atoms with Crippen molar-refractivity contribution < 1.29 is 14.3 Å². The average molecular weight is 276 g/mol. The second-order valence-corrected chi connectivity index (χ2v) is 5.14. The Labute approximate surface area is 118 Å². The Kier molecular flexibility index (Phi) is 4.61. The van der Waals surface area contributed by atoms with E-state index in [-0.39, 0.29) is 24.2 Å².